The lowest BCUT2D eigenvalue weighted by atomic mass is 10.0. The lowest BCUT2D eigenvalue weighted by molar-refractivity contribution is -0.121. The van der Waals surface area contributed by atoms with Crippen LogP contribution in [0.15, 0.2) is 36.4 Å². The van der Waals surface area contributed by atoms with E-state index < -0.39 is 0 Å². The first-order chi connectivity index (χ1) is 13.1. The van der Waals surface area contributed by atoms with Crippen molar-refractivity contribution in [2.75, 3.05) is 19.7 Å². The normalized spacial score (nSPS) is 16.9. The van der Waals surface area contributed by atoms with Crippen LogP contribution in [0.1, 0.15) is 24.8 Å². The highest BCUT2D eigenvalue weighted by atomic mass is 35.5. The molecule has 0 bridgehead atoms. The van der Waals surface area contributed by atoms with Crippen LogP contribution in [0, 0.1) is 0 Å². The first-order valence-electron chi connectivity index (χ1n) is 9.35. The Bertz CT molecular complexity index is 851. The van der Waals surface area contributed by atoms with Crippen LogP contribution in [0.5, 0.6) is 11.5 Å². The molecule has 2 N–H and O–H groups in total. The van der Waals surface area contributed by atoms with Crippen molar-refractivity contribution in [3.8, 4) is 22.6 Å². The second-order valence-electron chi connectivity index (χ2n) is 7.21. The molecule has 2 aromatic carbocycles. The highest BCUT2D eigenvalue weighted by molar-refractivity contribution is 6.30. The average molecular weight is 387 g/mol. The summed E-state index contributed by atoms with van der Waals surface area (Å²) in [6.07, 6.45) is 2.68. The van der Waals surface area contributed by atoms with Gasteiger partial charge in [0.2, 0.25) is 5.91 Å². The van der Waals surface area contributed by atoms with Gasteiger partial charge in [-0.3, -0.25) is 9.69 Å². The van der Waals surface area contributed by atoms with Crippen LogP contribution in [0.2, 0.25) is 5.02 Å². The zero-order chi connectivity index (χ0) is 18.8. The largest absolute Gasteiger partial charge is 0.504 e. The molecule has 1 heterocycles. The fraction of sp³-hybridized carbons (Fsp3) is 0.381. The lowest BCUT2D eigenvalue weighted by Gasteiger charge is -2.19. The van der Waals surface area contributed by atoms with Crippen molar-refractivity contribution in [2.45, 2.75) is 31.8 Å². The SMILES string of the molecule is O=C(CCN1CCOc2c(O)cc(-c3cccc(Cl)c3)cc2C1)NC1CC1. The molecule has 1 fully saturated rings. The van der Waals surface area contributed by atoms with Gasteiger partial charge in [-0.15, -0.1) is 0 Å². The molecule has 5 nitrogen and oxygen atoms in total. The Morgan fingerprint density at radius 2 is 2.11 bits per heavy atom. The minimum atomic E-state index is 0.110. The molecule has 2 aromatic rings. The number of nitrogens with one attached hydrogen (secondary N) is 1. The molecule has 0 aromatic heterocycles. The van der Waals surface area contributed by atoms with Crippen LogP contribution in [-0.4, -0.2) is 41.7 Å². The summed E-state index contributed by atoms with van der Waals surface area (Å²) in [5, 5.41) is 14.1. The van der Waals surface area contributed by atoms with Crippen molar-refractivity contribution < 1.29 is 14.6 Å². The van der Waals surface area contributed by atoms with Gasteiger partial charge in [0.05, 0.1) is 0 Å². The maximum Gasteiger partial charge on any atom is 0.221 e. The zero-order valence-corrected chi connectivity index (χ0v) is 15.8. The first-order valence-corrected chi connectivity index (χ1v) is 9.72. The highest BCUT2D eigenvalue weighted by Gasteiger charge is 2.24. The molecule has 0 radical (unpaired) electrons. The molecule has 1 amide bonds. The van der Waals surface area contributed by atoms with Gasteiger partial charge in [0.25, 0.3) is 0 Å². The summed E-state index contributed by atoms with van der Waals surface area (Å²) in [5.41, 5.74) is 2.76. The third-order valence-corrected chi connectivity index (χ3v) is 5.18. The quantitative estimate of drug-likeness (QED) is 0.824. The van der Waals surface area contributed by atoms with Crippen LogP contribution < -0.4 is 10.1 Å². The van der Waals surface area contributed by atoms with Gasteiger partial charge in [-0.05, 0) is 48.2 Å². The van der Waals surface area contributed by atoms with Crippen molar-refractivity contribution in [2.24, 2.45) is 0 Å². The Labute approximate surface area is 163 Å². The van der Waals surface area contributed by atoms with Gasteiger partial charge in [-0.2, -0.15) is 0 Å². The number of phenols is 1. The molecule has 1 aliphatic carbocycles. The molecule has 0 atom stereocenters. The number of hydrogen-bond donors (Lipinski definition) is 2. The summed E-state index contributed by atoms with van der Waals surface area (Å²) in [6, 6.07) is 11.7. The summed E-state index contributed by atoms with van der Waals surface area (Å²) < 4.78 is 5.79. The summed E-state index contributed by atoms with van der Waals surface area (Å²) in [7, 11) is 0. The standard InChI is InChI=1S/C21H23ClN2O3/c22-17-3-1-2-14(11-17)15-10-16-13-24(7-6-20(26)23-18-4-5-18)8-9-27-21(16)19(25)12-15/h1-3,10-12,18,25H,4-9,13H2,(H,23,26). The Hall–Kier alpha value is -2.24. The van der Waals surface area contributed by atoms with E-state index in [1.165, 1.54) is 0 Å². The van der Waals surface area contributed by atoms with E-state index in [2.05, 4.69) is 10.2 Å². The summed E-state index contributed by atoms with van der Waals surface area (Å²) in [6.45, 7) is 2.51. The molecule has 0 unspecified atom stereocenters. The topological polar surface area (TPSA) is 61.8 Å². The number of amides is 1. The second-order valence-corrected chi connectivity index (χ2v) is 7.65. The predicted molar refractivity (Wildman–Crippen MR) is 105 cm³/mol. The molecule has 0 saturated heterocycles. The van der Waals surface area contributed by atoms with Crippen molar-refractivity contribution in [1.29, 1.82) is 0 Å². The van der Waals surface area contributed by atoms with Gasteiger partial charge in [0.1, 0.15) is 6.61 Å². The third-order valence-electron chi connectivity index (χ3n) is 4.95. The van der Waals surface area contributed by atoms with Crippen LogP contribution in [0.3, 0.4) is 0 Å². The summed E-state index contributed by atoms with van der Waals surface area (Å²) in [5.74, 6) is 0.778. The van der Waals surface area contributed by atoms with Crippen molar-refractivity contribution in [3.63, 3.8) is 0 Å². The third kappa shape index (κ3) is 4.54. The Kier molecular flexibility index (Phi) is 5.23. The maximum atomic E-state index is 12.0. The van der Waals surface area contributed by atoms with Gasteiger partial charge in [0, 0.05) is 42.7 Å². The molecular weight excluding hydrogens is 364 g/mol. The number of phenolic OH excluding ortho intramolecular Hbond substituents is 1. The fourth-order valence-corrected chi connectivity index (χ4v) is 3.56. The van der Waals surface area contributed by atoms with Gasteiger partial charge in [-0.25, -0.2) is 0 Å². The van der Waals surface area contributed by atoms with Crippen molar-refractivity contribution in [1.82, 2.24) is 10.2 Å². The number of ether oxygens (including phenoxy) is 1. The minimum Gasteiger partial charge on any atom is -0.504 e. The van der Waals surface area contributed by atoms with E-state index in [1.54, 1.807) is 6.07 Å². The summed E-state index contributed by atoms with van der Waals surface area (Å²) >= 11 is 6.11. The Balaban J connectivity index is 1.51. The van der Waals surface area contributed by atoms with E-state index in [4.69, 9.17) is 16.3 Å². The van der Waals surface area contributed by atoms with E-state index in [0.717, 1.165) is 36.1 Å². The molecule has 2 aliphatic rings. The molecule has 4 rings (SSSR count). The second kappa shape index (κ2) is 7.79. The molecule has 6 heteroatoms. The van der Waals surface area contributed by atoms with Crippen molar-refractivity contribution >= 4 is 17.5 Å². The van der Waals surface area contributed by atoms with E-state index >= 15 is 0 Å². The molecule has 27 heavy (non-hydrogen) atoms. The first kappa shape index (κ1) is 18.1. The monoisotopic (exact) mass is 386 g/mol. The fourth-order valence-electron chi connectivity index (χ4n) is 3.37. The number of benzene rings is 2. The minimum absolute atomic E-state index is 0.110. The van der Waals surface area contributed by atoms with E-state index in [0.29, 0.717) is 42.9 Å². The number of carbonyl (C=O) groups excluding carboxylic acids is 1. The predicted octanol–water partition coefficient (Wildman–Crippen LogP) is 3.58. The van der Waals surface area contributed by atoms with Crippen LogP contribution >= 0.6 is 11.6 Å². The zero-order valence-electron chi connectivity index (χ0n) is 15.1. The van der Waals surface area contributed by atoms with Crippen LogP contribution in [0.4, 0.5) is 0 Å². The number of fused-ring (bicyclic) bond motifs is 1. The van der Waals surface area contributed by atoms with Gasteiger partial charge in [0.15, 0.2) is 11.5 Å². The molecule has 1 aliphatic heterocycles. The van der Waals surface area contributed by atoms with Crippen LogP contribution in [0.25, 0.3) is 11.1 Å². The van der Waals surface area contributed by atoms with Crippen LogP contribution in [-0.2, 0) is 11.3 Å². The molecule has 142 valence electrons. The maximum absolute atomic E-state index is 12.0. The molecule has 1 saturated carbocycles. The number of halogens is 1. The highest BCUT2D eigenvalue weighted by Crippen LogP contribution is 2.38. The van der Waals surface area contributed by atoms with E-state index in [9.17, 15) is 9.90 Å². The number of aromatic hydroxyl groups is 1. The van der Waals surface area contributed by atoms with Gasteiger partial charge >= 0.3 is 0 Å². The number of hydrogen-bond acceptors (Lipinski definition) is 4. The smallest absolute Gasteiger partial charge is 0.221 e. The van der Waals surface area contributed by atoms with E-state index in [1.807, 2.05) is 30.3 Å². The number of carbonyl (C=O) groups is 1. The number of rotatable bonds is 5. The summed E-state index contributed by atoms with van der Waals surface area (Å²) in [4.78, 5) is 14.2. The van der Waals surface area contributed by atoms with Gasteiger partial charge in [-0.1, -0.05) is 23.7 Å². The van der Waals surface area contributed by atoms with Crippen molar-refractivity contribution in [3.05, 3.63) is 47.0 Å². The Morgan fingerprint density at radius 1 is 1.26 bits per heavy atom. The molecular formula is C21H23ClN2O3. The van der Waals surface area contributed by atoms with Gasteiger partial charge < -0.3 is 15.2 Å². The van der Waals surface area contributed by atoms with E-state index in [-0.39, 0.29) is 11.7 Å². The number of nitrogens with zero attached hydrogens (tertiary/aromatic N) is 1. The Morgan fingerprint density at radius 3 is 2.89 bits per heavy atom. The lowest BCUT2D eigenvalue weighted by Crippen LogP contribution is -2.32. The molecule has 0 spiro atoms. The average Bonchev–Trinajstić information content (AvgIpc) is 3.46.